The summed E-state index contributed by atoms with van der Waals surface area (Å²) in [7, 11) is 0. The second-order valence-corrected chi connectivity index (χ2v) is 6.03. The first-order chi connectivity index (χ1) is 12.1. The van der Waals surface area contributed by atoms with Gasteiger partial charge in [0.1, 0.15) is 0 Å². The zero-order valence-electron chi connectivity index (χ0n) is 15.4. The topological polar surface area (TPSA) is 80.4 Å². The molecule has 0 fully saturated rings. The van der Waals surface area contributed by atoms with Gasteiger partial charge in [-0.05, 0) is 44.9 Å². The summed E-state index contributed by atoms with van der Waals surface area (Å²) in [6.07, 6.45) is 20.5. The molecular formula is C20H32NO4. The Bertz CT molecular complexity index is 453. The minimum atomic E-state index is -0.472. The SMILES string of the molecule is CC/C(O)=C(\CCCC/C=C\C/C=C\CCCCCC[C]=O)[N+](=O)[O-]. The highest BCUT2D eigenvalue weighted by Crippen LogP contribution is 2.15. The van der Waals surface area contributed by atoms with Gasteiger partial charge >= 0.3 is 0 Å². The first-order valence-electron chi connectivity index (χ1n) is 9.33. The Kier molecular flexibility index (Phi) is 15.6. The number of aliphatic hydroxyl groups excluding tert-OH is 1. The lowest BCUT2D eigenvalue weighted by atomic mass is 10.1. The fraction of sp³-hybridized carbons (Fsp3) is 0.650. The van der Waals surface area contributed by atoms with E-state index in [0.29, 0.717) is 25.7 Å². The van der Waals surface area contributed by atoms with Crippen molar-refractivity contribution in [2.45, 2.75) is 84.0 Å². The maximum Gasteiger partial charge on any atom is 0.283 e. The molecule has 0 aromatic carbocycles. The van der Waals surface area contributed by atoms with Crippen LogP contribution in [-0.4, -0.2) is 16.3 Å². The summed E-state index contributed by atoms with van der Waals surface area (Å²) in [5.41, 5.74) is -0.0429. The predicted molar refractivity (Wildman–Crippen MR) is 102 cm³/mol. The number of hydrogen-bond donors (Lipinski definition) is 1. The van der Waals surface area contributed by atoms with Crippen molar-refractivity contribution in [1.29, 1.82) is 0 Å². The van der Waals surface area contributed by atoms with Gasteiger partial charge in [0, 0.05) is 19.3 Å². The van der Waals surface area contributed by atoms with E-state index in [1.165, 1.54) is 0 Å². The molecule has 0 heterocycles. The van der Waals surface area contributed by atoms with E-state index in [1.807, 2.05) is 6.29 Å². The number of rotatable bonds is 16. The largest absolute Gasteiger partial charge is 0.506 e. The maximum atomic E-state index is 10.8. The van der Waals surface area contributed by atoms with Gasteiger partial charge in [0.05, 0.1) is 4.92 Å². The van der Waals surface area contributed by atoms with Crippen LogP contribution in [0.3, 0.4) is 0 Å². The van der Waals surface area contributed by atoms with E-state index in [-0.39, 0.29) is 11.5 Å². The number of unbranched alkanes of at least 4 members (excludes halogenated alkanes) is 7. The Labute approximate surface area is 151 Å². The van der Waals surface area contributed by atoms with E-state index < -0.39 is 4.92 Å². The van der Waals surface area contributed by atoms with Crippen LogP contribution in [0.5, 0.6) is 0 Å². The Morgan fingerprint density at radius 1 is 1.00 bits per heavy atom. The molecule has 1 radical (unpaired) electrons. The van der Waals surface area contributed by atoms with Gasteiger partial charge in [-0.1, -0.05) is 44.1 Å². The summed E-state index contributed by atoms with van der Waals surface area (Å²) in [4.78, 5) is 20.4. The molecule has 141 valence electrons. The van der Waals surface area contributed by atoms with E-state index in [4.69, 9.17) is 0 Å². The Balaban J connectivity index is 3.62. The summed E-state index contributed by atoms with van der Waals surface area (Å²) < 4.78 is 0. The van der Waals surface area contributed by atoms with Gasteiger partial charge in [0.25, 0.3) is 5.70 Å². The average molecular weight is 350 g/mol. The molecule has 5 nitrogen and oxygen atoms in total. The van der Waals surface area contributed by atoms with Gasteiger partial charge in [0.2, 0.25) is 0 Å². The van der Waals surface area contributed by atoms with Crippen molar-refractivity contribution in [3.05, 3.63) is 45.9 Å². The second kappa shape index (κ2) is 16.9. The fourth-order valence-electron chi connectivity index (χ4n) is 2.42. The van der Waals surface area contributed by atoms with Crippen molar-refractivity contribution < 1.29 is 14.8 Å². The number of hydrogen-bond acceptors (Lipinski definition) is 4. The third-order valence-corrected chi connectivity index (χ3v) is 3.93. The summed E-state index contributed by atoms with van der Waals surface area (Å²) in [5, 5.41) is 20.3. The van der Waals surface area contributed by atoms with E-state index in [1.54, 1.807) is 6.92 Å². The number of carbonyl (C=O) groups excluding carboxylic acids is 1. The van der Waals surface area contributed by atoms with Crippen LogP contribution < -0.4 is 0 Å². The van der Waals surface area contributed by atoms with E-state index in [2.05, 4.69) is 24.3 Å². The van der Waals surface area contributed by atoms with E-state index in [0.717, 1.165) is 51.4 Å². The molecule has 0 bridgehead atoms. The Morgan fingerprint density at radius 3 is 2.16 bits per heavy atom. The second-order valence-electron chi connectivity index (χ2n) is 6.03. The van der Waals surface area contributed by atoms with E-state index in [9.17, 15) is 20.0 Å². The summed E-state index contributed by atoms with van der Waals surface area (Å²) in [5.74, 6) is -0.104. The first-order valence-corrected chi connectivity index (χ1v) is 9.33. The van der Waals surface area contributed by atoms with Gasteiger partial charge in [-0.25, -0.2) is 0 Å². The first kappa shape index (κ1) is 23.1. The molecule has 25 heavy (non-hydrogen) atoms. The molecule has 0 saturated carbocycles. The molecule has 0 aliphatic rings. The van der Waals surface area contributed by atoms with Crippen LogP contribution in [0.4, 0.5) is 0 Å². The lowest BCUT2D eigenvalue weighted by molar-refractivity contribution is -0.431. The van der Waals surface area contributed by atoms with Crippen molar-refractivity contribution in [1.82, 2.24) is 0 Å². The normalized spacial score (nSPS) is 12.7. The number of nitrogens with zero attached hydrogens (tertiary/aromatic N) is 1. The number of nitro groups is 1. The Hall–Kier alpha value is -1.91. The number of allylic oxidation sites excluding steroid dienone is 6. The van der Waals surface area contributed by atoms with Crippen molar-refractivity contribution in [2.24, 2.45) is 0 Å². The zero-order chi connectivity index (χ0) is 18.8. The molecular weight excluding hydrogens is 318 g/mol. The molecule has 0 aromatic rings. The molecule has 0 aliphatic heterocycles. The lowest BCUT2D eigenvalue weighted by Gasteiger charge is -2.01. The fourth-order valence-corrected chi connectivity index (χ4v) is 2.42. The monoisotopic (exact) mass is 350 g/mol. The minimum Gasteiger partial charge on any atom is -0.506 e. The van der Waals surface area contributed by atoms with Gasteiger partial charge < -0.3 is 5.11 Å². The smallest absolute Gasteiger partial charge is 0.283 e. The molecule has 0 amide bonds. The standard InChI is InChI=1S/C20H32NO4/c1-2-20(23)19(21(24)25)17-15-13-11-9-7-5-3-4-6-8-10-12-14-16-18-22/h3-4,7,9,23H,2,5-6,8,10-17H2,1H3/b4-3-,9-7-,20-19-. The maximum absolute atomic E-state index is 10.8. The zero-order valence-corrected chi connectivity index (χ0v) is 15.4. The van der Waals surface area contributed by atoms with Gasteiger partial charge in [-0.3, -0.25) is 14.9 Å². The summed E-state index contributed by atoms with van der Waals surface area (Å²) >= 11 is 0. The minimum absolute atomic E-state index is 0.0429. The highest BCUT2D eigenvalue weighted by Gasteiger charge is 2.15. The van der Waals surface area contributed by atoms with Crippen LogP contribution in [0.15, 0.2) is 35.8 Å². The van der Waals surface area contributed by atoms with Crippen molar-refractivity contribution in [2.75, 3.05) is 0 Å². The molecule has 0 saturated heterocycles. The lowest BCUT2D eigenvalue weighted by Crippen LogP contribution is -2.03. The molecule has 0 aliphatic carbocycles. The van der Waals surface area contributed by atoms with Crippen molar-refractivity contribution in [3.8, 4) is 0 Å². The number of aliphatic hydroxyl groups is 1. The molecule has 1 N–H and O–H groups in total. The van der Waals surface area contributed by atoms with Crippen LogP contribution in [0, 0.1) is 10.1 Å². The molecule has 0 unspecified atom stereocenters. The Morgan fingerprint density at radius 2 is 1.60 bits per heavy atom. The quantitative estimate of drug-likeness (QED) is 0.122. The van der Waals surface area contributed by atoms with E-state index >= 15 is 0 Å². The van der Waals surface area contributed by atoms with Crippen LogP contribution >= 0.6 is 0 Å². The average Bonchev–Trinajstić information content (AvgIpc) is 2.60. The van der Waals surface area contributed by atoms with Gasteiger partial charge in [-0.2, -0.15) is 0 Å². The van der Waals surface area contributed by atoms with Crippen LogP contribution in [0.25, 0.3) is 0 Å². The summed E-state index contributed by atoms with van der Waals surface area (Å²) in [6, 6.07) is 0. The summed E-state index contributed by atoms with van der Waals surface area (Å²) in [6.45, 7) is 1.71. The molecule has 0 spiro atoms. The van der Waals surface area contributed by atoms with Crippen molar-refractivity contribution in [3.63, 3.8) is 0 Å². The van der Waals surface area contributed by atoms with Crippen LogP contribution in [-0.2, 0) is 4.79 Å². The molecule has 5 heteroatoms. The molecule has 0 aromatic heterocycles. The van der Waals surface area contributed by atoms with Gasteiger partial charge in [-0.15, -0.1) is 0 Å². The van der Waals surface area contributed by atoms with Crippen LogP contribution in [0.2, 0.25) is 0 Å². The third kappa shape index (κ3) is 14.2. The highest BCUT2D eigenvalue weighted by molar-refractivity contribution is 5.50. The predicted octanol–water partition coefficient (Wildman–Crippen LogP) is 5.96. The van der Waals surface area contributed by atoms with Gasteiger partial charge in [0.15, 0.2) is 12.0 Å². The molecule has 0 rings (SSSR count). The third-order valence-electron chi connectivity index (χ3n) is 3.93. The van der Waals surface area contributed by atoms with Crippen molar-refractivity contribution >= 4 is 6.29 Å². The molecule has 0 atom stereocenters. The van der Waals surface area contributed by atoms with Crippen LogP contribution in [0.1, 0.15) is 84.0 Å². The highest BCUT2D eigenvalue weighted by atomic mass is 16.6.